The molecule has 1 aliphatic rings. The van der Waals surface area contributed by atoms with E-state index in [1.807, 2.05) is 24.6 Å². The van der Waals surface area contributed by atoms with Gasteiger partial charge in [-0.2, -0.15) is 0 Å². The van der Waals surface area contributed by atoms with Crippen molar-refractivity contribution in [2.75, 3.05) is 0 Å². The molecule has 4 heteroatoms. The van der Waals surface area contributed by atoms with Gasteiger partial charge in [0.2, 0.25) is 4.73 Å². The molecule has 3 nitrogen and oxygen atoms in total. The number of fused-ring (bicyclic) bond motifs is 1. The van der Waals surface area contributed by atoms with Gasteiger partial charge < -0.3 is 0 Å². The first kappa shape index (κ1) is 12.3. The molecule has 2 aromatic rings. The Morgan fingerprint density at radius 3 is 2.65 bits per heavy atom. The van der Waals surface area contributed by atoms with Crippen LogP contribution in [-0.2, 0) is 6.42 Å². The van der Waals surface area contributed by atoms with Crippen LogP contribution in [0.25, 0.3) is 0 Å². The van der Waals surface area contributed by atoms with Crippen molar-refractivity contribution < 1.29 is 0 Å². The van der Waals surface area contributed by atoms with Gasteiger partial charge in [-0.05, 0) is 27.9 Å². The summed E-state index contributed by atoms with van der Waals surface area (Å²) >= 11 is 3.31. The van der Waals surface area contributed by atoms with Gasteiger partial charge in [-0.1, -0.05) is 44.2 Å². The Labute approximate surface area is 110 Å². The van der Waals surface area contributed by atoms with E-state index in [4.69, 9.17) is 0 Å². The minimum absolute atomic E-state index is 0.361. The number of hydrogen-bond acceptors (Lipinski definition) is 2. The molecule has 0 N–H and O–H groups in total. The van der Waals surface area contributed by atoms with Crippen LogP contribution in [0.5, 0.6) is 0 Å². The lowest BCUT2D eigenvalue weighted by molar-refractivity contribution is 0.552. The summed E-state index contributed by atoms with van der Waals surface area (Å²) < 4.78 is 2.72. The van der Waals surface area contributed by atoms with Gasteiger partial charge in [0.15, 0.2) is 0 Å². The molecule has 1 aliphatic heterocycles. The summed E-state index contributed by atoms with van der Waals surface area (Å²) in [5, 5.41) is 4.37. The molecule has 0 spiro atoms. The first-order chi connectivity index (χ1) is 8.34. The highest BCUT2D eigenvalue weighted by atomic mass is 79.9. The maximum atomic E-state index is 4.37. The molecule has 0 radical (unpaired) electrons. The summed E-state index contributed by atoms with van der Waals surface area (Å²) in [5.74, 6) is 1.08. The van der Waals surface area contributed by atoms with E-state index in [1.54, 1.807) is 0 Å². The zero-order valence-corrected chi connectivity index (χ0v) is 11.7. The van der Waals surface area contributed by atoms with Gasteiger partial charge in [-0.25, -0.2) is 9.67 Å². The van der Waals surface area contributed by atoms with E-state index in [9.17, 15) is 0 Å². The second-order valence-corrected chi connectivity index (χ2v) is 4.42. The second-order valence-electron chi connectivity index (χ2n) is 3.71. The van der Waals surface area contributed by atoms with Crippen molar-refractivity contribution in [2.24, 2.45) is 0 Å². The first-order valence-corrected chi connectivity index (χ1v) is 6.80. The summed E-state index contributed by atoms with van der Waals surface area (Å²) in [5.41, 5.74) is 1.31. The van der Waals surface area contributed by atoms with Crippen LogP contribution in [0.3, 0.4) is 0 Å². The predicted molar refractivity (Wildman–Crippen MR) is 72.0 cm³/mol. The number of rotatable bonds is 1. The lowest BCUT2D eigenvalue weighted by Crippen LogP contribution is -2.06. The fraction of sp³-hybridized carbons (Fsp3) is 0.385. The molecule has 0 saturated heterocycles. The normalized spacial score (nSPS) is 17.2. The number of aromatic nitrogens is 3. The Kier molecular flexibility index (Phi) is 3.94. The summed E-state index contributed by atoms with van der Waals surface area (Å²) in [6.45, 7) is 4.00. The highest BCUT2D eigenvalue weighted by molar-refractivity contribution is 9.10. The average molecular weight is 294 g/mol. The third kappa shape index (κ3) is 2.41. The van der Waals surface area contributed by atoms with Gasteiger partial charge in [0, 0.05) is 6.42 Å². The second kappa shape index (κ2) is 5.45. The van der Waals surface area contributed by atoms with Crippen molar-refractivity contribution in [3.63, 3.8) is 0 Å². The number of aryl methyl sites for hydroxylation is 1. The van der Waals surface area contributed by atoms with E-state index in [0.717, 1.165) is 18.7 Å². The molecule has 0 fully saturated rings. The molecule has 2 heterocycles. The van der Waals surface area contributed by atoms with E-state index < -0.39 is 0 Å². The molecular formula is C13H16BrN3. The largest absolute Gasteiger partial charge is 0.241 e. The highest BCUT2D eigenvalue weighted by Crippen LogP contribution is 2.30. The third-order valence-corrected chi connectivity index (χ3v) is 3.13. The van der Waals surface area contributed by atoms with Crippen molar-refractivity contribution >= 4 is 15.9 Å². The Morgan fingerprint density at radius 1 is 1.24 bits per heavy atom. The van der Waals surface area contributed by atoms with Gasteiger partial charge in [-0.15, -0.1) is 5.10 Å². The van der Waals surface area contributed by atoms with E-state index in [1.165, 1.54) is 5.56 Å². The van der Waals surface area contributed by atoms with Crippen molar-refractivity contribution in [3.05, 3.63) is 46.5 Å². The standard InChI is InChI=1S/C11H10BrN3.C2H6/c12-11-13-10-7-6-9(15(10)14-11)8-4-2-1-3-5-8;1-2/h1-5,9H,6-7H2;1-2H3. The fourth-order valence-corrected chi connectivity index (χ4v) is 2.49. The van der Waals surface area contributed by atoms with Crippen LogP contribution in [0.1, 0.15) is 37.7 Å². The van der Waals surface area contributed by atoms with Crippen molar-refractivity contribution in [2.45, 2.75) is 32.7 Å². The van der Waals surface area contributed by atoms with E-state index in [2.05, 4.69) is 50.3 Å². The number of hydrogen-bond donors (Lipinski definition) is 0. The van der Waals surface area contributed by atoms with E-state index in [-0.39, 0.29) is 0 Å². The maximum absolute atomic E-state index is 4.37. The molecular weight excluding hydrogens is 278 g/mol. The molecule has 0 amide bonds. The molecule has 0 saturated carbocycles. The van der Waals surface area contributed by atoms with Crippen molar-refractivity contribution in [3.8, 4) is 0 Å². The quantitative estimate of drug-likeness (QED) is 0.804. The molecule has 1 atom stereocenters. The molecule has 90 valence electrons. The van der Waals surface area contributed by atoms with Crippen molar-refractivity contribution in [1.82, 2.24) is 14.8 Å². The Hall–Kier alpha value is -1.16. The van der Waals surface area contributed by atoms with E-state index in [0.29, 0.717) is 10.8 Å². The van der Waals surface area contributed by atoms with Crippen molar-refractivity contribution in [1.29, 1.82) is 0 Å². The van der Waals surface area contributed by atoms with Crippen LogP contribution in [0.2, 0.25) is 0 Å². The zero-order valence-electron chi connectivity index (χ0n) is 10.1. The summed E-state index contributed by atoms with van der Waals surface area (Å²) in [7, 11) is 0. The van der Waals surface area contributed by atoms with Crippen LogP contribution in [0.15, 0.2) is 35.1 Å². The van der Waals surface area contributed by atoms with E-state index >= 15 is 0 Å². The van der Waals surface area contributed by atoms with Crippen LogP contribution >= 0.6 is 15.9 Å². The van der Waals surface area contributed by atoms with Gasteiger partial charge >= 0.3 is 0 Å². The molecule has 0 bridgehead atoms. The SMILES string of the molecule is Brc1nc2n(n1)C(c1ccccc1)CC2.CC. The molecule has 1 aromatic carbocycles. The Balaban J connectivity index is 0.000000514. The lowest BCUT2D eigenvalue weighted by atomic mass is 10.1. The van der Waals surface area contributed by atoms with Gasteiger partial charge in [-0.3, -0.25) is 0 Å². The van der Waals surface area contributed by atoms with Gasteiger partial charge in [0.1, 0.15) is 5.82 Å². The molecule has 17 heavy (non-hydrogen) atoms. The minimum atomic E-state index is 0.361. The topological polar surface area (TPSA) is 30.7 Å². The summed E-state index contributed by atoms with van der Waals surface area (Å²) in [6, 6.07) is 10.8. The molecule has 1 unspecified atom stereocenters. The number of halogens is 1. The van der Waals surface area contributed by atoms with Crippen LogP contribution in [0, 0.1) is 0 Å². The fourth-order valence-electron chi connectivity index (χ4n) is 2.12. The highest BCUT2D eigenvalue weighted by Gasteiger charge is 2.26. The third-order valence-electron chi connectivity index (χ3n) is 2.80. The molecule has 3 rings (SSSR count). The monoisotopic (exact) mass is 293 g/mol. The smallest absolute Gasteiger partial charge is 0.217 e. The van der Waals surface area contributed by atoms with Gasteiger partial charge in [0.25, 0.3) is 0 Å². The van der Waals surface area contributed by atoms with Crippen LogP contribution in [-0.4, -0.2) is 14.8 Å². The van der Waals surface area contributed by atoms with Crippen LogP contribution in [0.4, 0.5) is 0 Å². The Morgan fingerprint density at radius 2 is 1.94 bits per heavy atom. The predicted octanol–water partition coefficient (Wildman–Crippen LogP) is 3.60. The summed E-state index contributed by atoms with van der Waals surface area (Å²) in [6.07, 6.45) is 2.12. The molecule has 1 aromatic heterocycles. The molecule has 0 aliphatic carbocycles. The zero-order chi connectivity index (χ0) is 12.3. The number of nitrogens with zero attached hydrogens (tertiary/aromatic N) is 3. The average Bonchev–Trinajstić information content (AvgIpc) is 2.91. The number of benzene rings is 1. The maximum Gasteiger partial charge on any atom is 0.217 e. The Bertz CT molecular complexity index is 479. The minimum Gasteiger partial charge on any atom is -0.241 e. The lowest BCUT2D eigenvalue weighted by Gasteiger charge is -2.10. The van der Waals surface area contributed by atoms with Crippen LogP contribution < -0.4 is 0 Å². The van der Waals surface area contributed by atoms with Gasteiger partial charge in [0.05, 0.1) is 6.04 Å². The summed E-state index contributed by atoms with van der Waals surface area (Å²) in [4.78, 5) is 4.34. The first-order valence-electron chi connectivity index (χ1n) is 6.00.